The number of aryl methyl sites for hydroxylation is 2. The second-order valence-corrected chi connectivity index (χ2v) is 6.06. The molecule has 0 unspecified atom stereocenters. The Labute approximate surface area is 151 Å². The normalized spacial score (nSPS) is 15.2. The zero-order valence-electron chi connectivity index (χ0n) is 14.4. The van der Waals surface area contributed by atoms with Gasteiger partial charge in [0.15, 0.2) is 0 Å². The van der Waals surface area contributed by atoms with Crippen molar-refractivity contribution in [2.45, 2.75) is 13.8 Å². The van der Waals surface area contributed by atoms with Gasteiger partial charge in [0.1, 0.15) is 5.75 Å². The lowest BCUT2D eigenvalue weighted by Gasteiger charge is -1.94. The Bertz CT molecular complexity index is 1130. The van der Waals surface area contributed by atoms with Gasteiger partial charge in [0.25, 0.3) is 0 Å². The Balaban J connectivity index is 0.00000182. The molecular weight excluding hydrogens is 334 g/mol. The van der Waals surface area contributed by atoms with Crippen molar-refractivity contribution < 1.29 is 4.74 Å². The van der Waals surface area contributed by atoms with E-state index in [9.17, 15) is 0 Å². The first-order valence-corrected chi connectivity index (χ1v) is 7.95. The zero-order valence-corrected chi connectivity index (χ0v) is 15.2. The fourth-order valence-electron chi connectivity index (χ4n) is 3.07. The van der Waals surface area contributed by atoms with Crippen LogP contribution in [0.4, 0.5) is 0 Å². The number of aromatic nitrogens is 2. The monoisotopic (exact) mass is 353 g/mol. The summed E-state index contributed by atoms with van der Waals surface area (Å²) in [6.07, 6.45) is 4.17. The van der Waals surface area contributed by atoms with Crippen LogP contribution in [-0.4, -0.2) is 17.1 Å². The van der Waals surface area contributed by atoms with Crippen LogP contribution in [0.2, 0.25) is 0 Å². The van der Waals surface area contributed by atoms with Crippen LogP contribution in [0.1, 0.15) is 17.0 Å². The average Bonchev–Trinajstić information content (AvgIpc) is 3.24. The number of nitrogens with one attached hydrogen (secondary N) is 2. The quantitative estimate of drug-likeness (QED) is 0.719. The van der Waals surface area contributed by atoms with Gasteiger partial charge in [0.05, 0.1) is 28.9 Å². The third-order valence-electron chi connectivity index (χ3n) is 4.25. The highest BCUT2D eigenvalue weighted by atomic mass is 35.5. The van der Waals surface area contributed by atoms with E-state index >= 15 is 0 Å². The number of H-pyrrole nitrogens is 2. The molecule has 0 saturated heterocycles. The molecule has 0 saturated carbocycles. The summed E-state index contributed by atoms with van der Waals surface area (Å²) < 4.78 is 5.54. The number of benzene rings is 1. The van der Waals surface area contributed by atoms with Crippen molar-refractivity contribution in [2.24, 2.45) is 4.99 Å². The zero-order chi connectivity index (χ0) is 16.7. The molecule has 0 amide bonds. The maximum atomic E-state index is 5.54. The highest BCUT2D eigenvalue weighted by molar-refractivity contribution is 5.85. The molecule has 0 spiro atoms. The largest absolute Gasteiger partial charge is 0.494 e. The first-order chi connectivity index (χ1) is 11.6. The van der Waals surface area contributed by atoms with Crippen LogP contribution in [0.3, 0.4) is 0 Å². The second-order valence-electron chi connectivity index (χ2n) is 6.06. The molecule has 2 aromatic heterocycles. The van der Waals surface area contributed by atoms with Crippen LogP contribution >= 0.6 is 12.4 Å². The molecule has 4 nitrogen and oxygen atoms in total. The molecule has 0 atom stereocenters. The number of methoxy groups -OCH3 is 1. The summed E-state index contributed by atoms with van der Waals surface area (Å²) in [7, 11) is 1.69. The predicted molar refractivity (Wildman–Crippen MR) is 103 cm³/mol. The maximum Gasteiger partial charge on any atom is 0.144 e. The first kappa shape index (κ1) is 17.1. The SMILES string of the molecule is COc1cc(=C2C=c3ccccc3=N2)[nH]/c1=C\c1[nH]c(C)cc1C.Cl. The Kier molecular flexibility index (Phi) is 4.55. The number of para-hydroxylation sites is 1. The number of aromatic amines is 2. The van der Waals surface area contributed by atoms with Gasteiger partial charge in [-0.3, -0.25) is 0 Å². The molecule has 3 heterocycles. The molecule has 0 aliphatic carbocycles. The number of nitrogens with zero attached hydrogens (tertiary/aromatic N) is 1. The molecule has 0 fully saturated rings. The molecule has 0 radical (unpaired) electrons. The van der Waals surface area contributed by atoms with Crippen LogP contribution in [-0.2, 0) is 0 Å². The fourth-order valence-corrected chi connectivity index (χ4v) is 3.07. The summed E-state index contributed by atoms with van der Waals surface area (Å²) in [4.78, 5) is 11.5. The maximum absolute atomic E-state index is 5.54. The van der Waals surface area contributed by atoms with Crippen LogP contribution in [0, 0.1) is 13.8 Å². The lowest BCUT2D eigenvalue weighted by Crippen LogP contribution is -2.19. The van der Waals surface area contributed by atoms with Crippen molar-refractivity contribution in [1.29, 1.82) is 0 Å². The van der Waals surface area contributed by atoms with Crippen molar-refractivity contribution in [3.8, 4) is 5.75 Å². The number of ether oxygens (including phenoxy) is 1. The number of halogens is 1. The van der Waals surface area contributed by atoms with Gasteiger partial charge in [-0.25, -0.2) is 4.99 Å². The standard InChI is InChI=1S/C20H19N3O.ClH/c1-12-8-13(2)21-16(12)10-19-20(24-3)11-18(23-19)17-9-14-6-4-5-7-15(14)22-17;/h4-11,21,23H,1-3H3;1H/b18-17?,19-10-;. The lowest BCUT2D eigenvalue weighted by atomic mass is 10.2. The van der Waals surface area contributed by atoms with Gasteiger partial charge in [-0.1, -0.05) is 18.2 Å². The molecule has 2 N–H and O–H groups in total. The van der Waals surface area contributed by atoms with Crippen LogP contribution in [0.5, 0.6) is 5.75 Å². The summed E-state index contributed by atoms with van der Waals surface area (Å²) in [5, 5.41) is 4.03. The van der Waals surface area contributed by atoms with E-state index in [1.54, 1.807) is 7.11 Å². The van der Waals surface area contributed by atoms with Crippen molar-refractivity contribution >= 4 is 30.3 Å². The van der Waals surface area contributed by atoms with Crippen LogP contribution in [0.15, 0.2) is 41.4 Å². The molecular formula is C20H20ClN3O. The van der Waals surface area contributed by atoms with E-state index in [2.05, 4.69) is 48.1 Å². The topological polar surface area (TPSA) is 53.2 Å². The van der Waals surface area contributed by atoms with Crippen molar-refractivity contribution in [3.05, 3.63) is 74.6 Å². The Morgan fingerprint density at radius 2 is 1.88 bits per heavy atom. The summed E-state index contributed by atoms with van der Waals surface area (Å²) in [6, 6.07) is 12.3. The van der Waals surface area contributed by atoms with Crippen molar-refractivity contribution in [2.75, 3.05) is 7.11 Å². The van der Waals surface area contributed by atoms with E-state index in [1.165, 1.54) is 5.56 Å². The minimum atomic E-state index is 0. The Morgan fingerprint density at radius 1 is 1.08 bits per heavy atom. The molecule has 128 valence electrons. The second kappa shape index (κ2) is 6.65. The molecule has 3 aromatic rings. The Morgan fingerprint density at radius 3 is 2.56 bits per heavy atom. The fraction of sp³-hybridized carbons (Fsp3) is 0.150. The number of hydrogen-bond acceptors (Lipinski definition) is 2. The molecule has 1 aromatic carbocycles. The molecule has 1 aliphatic rings. The van der Waals surface area contributed by atoms with E-state index in [1.807, 2.05) is 24.3 Å². The Hall–Kier alpha value is -2.72. The van der Waals surface area contributed by atoms with Crippen molar-refractivity contribution in [3.63, 3.8) is 0 Å². The number of hydrogen-bond donors (Lipinski definition) is 2. The summed E-state index contributed by atoms with van der Waals surface area (Å²) in [5.74, 6) is 0.809. The molecule has 0 bridgehead atoms. The van der Waals surface area contributed by atoms with Gasteiger partial charge in [-0.05, 0) is 43.7 Å². The van der Waals surface area contributed by atoms with E-state index in [4.69, 9.17) is 9.73 Å². The van der Waals surface area contributed by atoms with E-state index < -0.39 is 0 Å². The average molecular weight is 354 g/mol. The van der Waals surface area contributed by atoms with Gasteiger partial charge in [-0.15, -0.1) is 12.4 Å². The van der Waals surface area contributed by atoms with Crippen LogP contribution in [0.25, 0.3) is 17.8 Å². The van der Waals surface area contributed by atoms with Gasteiger partial charge in [0.2, 0.25) is 0 Å². The van der Waals surface area contributed by atoms with Gasteiger partial charge >= 0.3 is 0 Å². The smallest absolute Gasteiger partial charge is 0.144 e. The molecule has 1 aliphatic heterocycles. The summed E-state index contributed by atoms with van der Waals surface area (Å²) >= 11 is 0. The first-order valence-electron chi connectivity index (χ1n) is 7.95. The van der Waals surface area contributed by atoms with E-state index in [0.29, 0.717) is 0 Å². The number of rotatable bonds is 2. The highest BCUT2D eigenvalue weighted by Crippen LogP contribution is 2.10. The predicted octanol–water partition coefficient (Wildman–Crippen LogP) is 1.44. The summed E-state index contributed by atoms with van der Waals surface area (Å²) in [6.45, 7) is 4.15. The van der Waals surface area contributed by atoms with Gasteiger partial charge in [0, 0.05) is 22.7 Å². The minimum absolute atomic E-state index is 0. The molecule has 4 rings (SSSR count). The van der Waals surface area contributed by atoms with Gasteiger partial charge in [-0.2, -0.15) is 0 Å². The van der Waals surface area contributed by atoms with Crippen LogP contribution < -0.4 is 26.0 Å². The highest BCUT2D eigenvalue weighted by Gasteiger charge is 2.06. The third kappa shape index (κ3) is 3.13. The van der Waals surface area contributed by atoms with Crippen molar-refractivity contribution in [1.82, 2.24) is 9.97 Å². The summed E-state index contributed by atoms with van der Waals surface area (Å²) in [5.41, 5.74) is 4.37. The minimum Gasteiger partial charge on any atom is -0.494 e. The van der Waals surface area contributed by atoms with E-state index in [0.717, 1.165) is 44.1 Å². The third-order valence-corrected chi connectivity index (χ3v) is 4.25. The van der Waals surface area contributed by atoms with Gasteiger partial charge < -0.3 is 14.7 Å². The van der Waals surface area contributed by atoms with E-state index in [-0.39, 0.29) is 12.4 Å². The number of fused-ring (bicyclic) bond motifs is 1. The lowest BCUT2D eigenvalue weighted by molar-refractivity contribution is 0.412. The molecule has 25 heavy (non-hydrogen) atoms. The molecule has 5 heteroatoms.